The molecule has 8 heteroatoms. The lowest BCUT2D eigenvalue weighted by Crippen LogP contribution is -2.29. The van der Waals surface area contributed by atoms with E-state index in [4.69, 9.17) is 9.78 Å². The van der Waals surface area contributed by atoms with E-state index in [0.717, 1.165) is 12.8 Å². The first-order valence-corrected chi connectivity index (χ1v) is 12.2. The molecule has 198 valence electrons. The van der Waals surface area contributed by atoms with Gasteiger partial charge in [-0.2, -0.15) is 9.78 Å². The van der Waals surface area contributed by atoms with Gasteiger partial charge >= 0.3 is 11.9 Å². The molecule has 0 spiro atoms. The molecule has 2 atom stereocenters. The number of hydrogen-bond acceptors (Lipinski definition) is 8. The predicted octanol–water partition coefficient (Wildman–Crippen LogP) is 6.52. The SMILES string of the molecule is CC(CCC(C)(C)OOOC(=O)C(=O)OOOC(C)(C)CCC(C)c1ccccc1)c1ccccc1. The molecule has 2 unspecified atom stereocenters. The number of benzene rings is 2. The Morgan fingerprint density at radius 1 is 0.639 bits per heavy atom. The van der Waals surface area contributed by atoms with Crippen LogP contribution >= 0.6 is 0 Å². The van der Waals surface area contributed by atoms with E-state index in [2.05, 4.69) is 58.0 Å². The molecule has 2 aromatic carbocycles. The Balaban J connectivity index is 1.63. The van der Waals surface area contributed by atoms with E-state index >= 15 is 0 Å². The van der Waals surface area contributed by atoms with Crippen LogP contribution in [0.5, 0.6) is 0 Å². The highest BCUT2D eigenvalue weighted by molar-refractivity contribution is 6.29. The van der Waals surface area contributed by atoms with Gasteiger partial charge in [0.05, 0.1) is 0 Å². The van der Waals surface area contributed by atoms with Gasteiger partial charge in [0.1, 0.15) is 11.2 Å². The maximum absolute atomic E-state index is 11.8. The molecule has 2 aromatic rings. The topological polar surface area (TPSA) is 89.5 Å². The minimum Gasteiger partial charge on any atom is -0.255 e. The van der Waals surface area contributed by atoms with Crippen molar-refractivity contribution in [2.75, 3.05) is 0 Å². The average Bonchev–Trinajstić information content (AvgIpc) is 2.86. The summed E-state index contributed by atoms with van der Waals surface area (Å²) in [7, 11) is 0. The minimum atomic E-state index is -1.44. The number of carbonyl (C=O) groups is 2. The van der Waals surface area contributed by atoms with E-state index in [-0.39, 0.29) is 0 Å². The summed E-state index contributed by atoms with van der Waals surface area (Å²) in [5.74, 6) is -2.26. The summed E-state index contributed by atoms with van der Waals surface area (Å²) in [6.07, 6.45) is 2.89. The molecule has 0 saturated heterocycles. The molecular formula is C28H38O8. The average molecular weight is 503 g/mol. The highest BCUT2D eigenvalue weighted by Crippen LogP contribution is 2.27. The summed E-state index contributed by atoms with van der Waals surface area (Å²) in [6, 6.07) is 20.2. The van der Waals surface area contributed by atoms with Crippen LogP contribution in [0.2, 0.25) is 0 Å². The molecule has 0 saturated carbocycles. The molecule has 0 N–H and O–H groups in total. The van der Waals surface area contributed by atoms with Crippen LogP contribution in [0.1, 0.15) is 90.2 Å². The largest absolute Gasteiger partial charge is 0.456 e. The van der Waals surface area contributed by atoms with Crippen LogP contribution in [0, 0.1) is 0 Å². The van der Waals surface area contributed by atoms with Crippen molar-refractivity contribution in [3.05, 3.63) is 71.8 Å². The fourth-order valence-corrected chi connectivity index (χ4v) is 3.46. The van der Waals surface area contributed by atoms with Gasteiger partial charge in [0, 0.05) is 0 Å². The third-order valence-electron chi connectivity index (χ3n) is 6.00. The second-order valence-corrected chi connectivity index (χ2v) is 10.3. The van der Waals surface area contributed by atoms with Gasteiger partial charge in [-0.25, -0.2) is 9.59 Å². The van der Waals surface area contributed by atoms with Crippen LogP contribution in [-0.2, 0) is 39.2 Å². The van der Waals surface area contributed by atoms with E-state index < -0.39 is 23.1 Å². The van der Waals surface area contributed by atoms with Gasteiger partial charge in [0.2, 0.25) is 0 Å². The third kappa shape index (κ3) is 10.9. The fourth-order valence-electron chi connectivity index (χ4n) is 3.46. The van der Waals surface area contributed by atoms with Crippen molar-refractivity contribution >= 4 is 11.9 Å². The van der Waals surface area contributed by atoms with Gasteiger partial charge in [0.15, 0.2) is 0 Å². The second kappa shape index (κ2) is 14.1. The van der Waals surface area contributed by atoms with Crippen molar-refractivity contribution in [1.82, 2.24) is 0 Å². The van der Waals surface area contributed by atoms with Crippen LogP contribution < -0.4 is 0 Å². The van der Waals surface area contributed by atoms with Crippen LogP contribution in [0.15, 0.2) is 60.7 Å². The lowest BCUT2D eigenvalue weighted by Gasteiger charge is -2.24. The van der Waals surface area contributed by atoms with Crippen LogP contribution in [0.25, 0.3) is 0 Å². The van der Waals surface area contributed by atoms with E-state index in [9.17, 15) is 9.59 Å². The lowest BCUT2D eigenvalue weighted by molar-refractivity contribution is -0.526. The second-order valence-electron chi connectivity index (χ2n) is 10.3. The monoisotopic (exact) mass is 502 g/mol. The summed E-state index contributed by atoms with van der Waals surface area (Å²) in [4.78, 5) is 42.6. The zero-order valence-electron chi connectivity index (χ0n) is 22.0. The number of hydrogen-bond donors (Lipinski definition) is 0. The van der Waals surface area contributed by atoms with Gasteiger partial charge in [-0.1, -0.05) is 74.5 Å². The van der Waals surface area contributed by atoms with E-state index in [1.807, 2.05) is 36.4 Å². The van der Waals surface area contributed by atoms with Crippen molar-refractivity contribution in [3.8, 4) is 0 Å². The molecular weight excluding hydrogens is 464 g/mol. The highest BCUT2D eigenvalue weighted by atomic mass is 17.5. The summed E-state index contributed by atoms with van der Waals surface area (Å²) in [6.45, 7) is 11.4. The lowest BCUT2D eigenvalue weighted by atomic mass is 9.91. The summed E-state index contributed by atoms with van der Waals surface area (Å²) < 4.78 is 0. The molecule has 0 fully saturated rings. The van der Waals surface area contributed by atoms with Gasteiger partial charge in [-0.3, -0.25) is 9.78 Å². The van der Waals surface area contributed by atoms with Crippen molar-refractivity contribution < 1.29 is 39.2 Å². The molecule has 0 aliphatic rings. The van der Waals surface area contributed by atoms with Gasteiger partial charge in [0.25, 0.3) is 0 Å². The zero-order valence-corrected chi connectivity index (χ0v) is 22.0. The van der Waals surface area contributed by atoms with E-state index in [1.54, 1.807) is 27.7 Å². The molecule has 0 amide bonds. The summed E-state index contributed by atoms with van der Waals surface area (Å²) in [5.41, 5.74) is 0.931. The summed E-state index contributed by atoms with van der Waals surface area (Å²) >= 11 is 0. The van der Waals surface area contributed by atoms with E-state index in [1.165, 1.54) is 11.1 Å². The van der Waals surface area contributed by atoms with E-state index in [0.29, 0.717) is 24.7 Å². The molecule has 8 nitrogen and oxygen atoms in total. The summed E-state index contributed by atoms with van der Waals surface area (Å²) in [5, 5.41) is 9.05. The quantitative estimate of drug-likeness (QED) is 0.164. The van der Waals surface area contributed by atoms with Gasteiger partial charge in [-0.15, -0.1) is 0 Å². The molecule has 0 bridgehead atoms. The Hall–Kier alpha value is -2.78. The van der Waals surface area contributed by atoms with Crippen molar-refractivity contribution in [3.63, 3.8) is 0 Å². The Morgan fingerprint density at radius 3 is 1.31 bits per heavy atom. The predicted molar refractivity (Wildman–Crippen MR) is 133 cm³/mol. The van der Waals surface area contributed by atoms with Crippen LogP contribution in [0.3, 0.4) is 0 Å². The van der Waals surface area contributed by atoms with Crippen LogP contribution in [-0.4, -0.2) is 23.1 Å². The Kier molecular flexibility index (Phi) is 11.5. The smallest absolute Gasteiger partial charge is 0.255 e. The Labute approximate surface area is 213 Å². The first-order chi connectivity index (χ1) is 17.0. The fraction of sp³-hybridized carbons (Fsp3) is 0.500. The van der Waals surface area contributed by atoms with Gasteiger partial charge in [-0.05, 0) is 86.4 Å². The molecule has 2 rings (SSSR count). The first kappa shape index (κ1) is 29.5. The molecule has 0 radical (unpaired) electrons. The third-order valence-corrected chi connectivity index (χ3v) is 6.00. The maximum Gasteiger partial charge on any atom is 0.456 e. The maximum atomic E-state index is 11.8. The number of rotatable bonds is 14. The van der Waals surface area contributed by atoms with Crippen molar-refractivity contribution in [1.29, 1.82) is 0 Å². The van der Waals surface area contributed by atoms with Crippen molar-refractivity contribution in [2.24, 2.45) is 0 Å². The minimum absolute atomic E-state index is 0.314. The zero-order chi connectivity index (χ0) is 26.6. The molecule has 0 heterocycles. The Morgan fingerprint density at radius 2 is 0.972 bits per heavy atom. The molecule has 0 aliphatic carbocycles. The normalized spacial score (nSPS) is 13.6. The van der Waals surface area contributed by atoms with Crippen molar-refractivity contribution in [2.45, 2.75) is 90.3 Å². The van der Waals surface area contributed by atoms with Gasteiger partial charge < -0.3 is 0 Å². The standard InChI is InChI=1S/C28H38O8/c1-21(23-13-9-7-10-14-23)17-19-27(3,4)33-35-31-25(29)26(30)32-36-34-28(5,6)20-18-22(2)24-15-11-8-12-16-24/h7-16,21-22H,17-20H2,1-6H3. The van der Waals surface area contributed by atoms with Crippen LogP contribution in [0.4, 0.5) is 0 Å². The number of carbonyl (C=O) groups excluding carboxylic acids is 2. The molecule has 0 aromatic heterocycles. The molecule has 36 heavy (non-hydrogen) atoms. The highest BCUT2D eigenvalue weighted by Gasteiger charge is 2.28. The molecule has 0 aliphatic heterocycles. The first-order valence-electron chi connectivity index (χ1n) is 12.2. The Bertz CT molecular complexity index is 850.